The van der Waals surface area contributed by atoms with Gasteiger partial charge in [-0.15, -0.1) is 0 Å². The molecule has 0 saturated carbocycles. The van der Waals surface area contributed by atoms with Crippen LogP contribution in [0.4, 0.5) is 0 Å². The zero-order valence-electron chi connectivity index (χ0n) is 17.2. The topological polar surface area (TPSA) is 68.0 Å². The number of hydrogen-bond donors (Lipinski definition) is 1. The SMILES string of the molecule is C/C=C/Cn1nc(CC(C)C)nc1Cc1ccc(-c2ccccc2C(=O)O)cc1. The molecule has 0 aliphatic carbocycles. The van der Waals surface area contributed by atoms with E-state index in [0.717, 1.165) is 34.8 Å². The predicted octanol–water partition coefficient (Wildman–Crippen LogP) is 5.01. The molecule has 3 rings (SSSR count). The van der Waals surface area contributed by atoms with Gasteiger partial charge < -0.3 is 5.11 Å². The Labute approximate surface area is 171 Å². The molecule has 0 aliphatic rings. The normalized spacial score (nSPS) is 11.4. The number of carboxylic acid groups (broad SMARTS) is 1. The highest BCUT2D eigenvalue weighted by Crippen LogP contribution is 2.24. The van der Waals surface area contributed by atoms with E-state index in [1.807, 2.05) is 54.1 Å². The molecule has 0 bridgehead atoms. The van der Waals surface area contributed by atoms with Crippen molar-refractivity contribution >= 4 is 5.97 Å². The Bertz CT molecular complexity index is 1000. The van der Waals surface area contributed by atoms with Crippen LogP contribution in [0.25, 0.3) is 11.1 Å². The fraction of sp³-hybridized carbons (Fsp3) is 0.292. The molecule has 1 heterocycles. The van der Waals surface area contributed by atoms with Gasteiger partial charge in [0.2, 0.25) is 0 Å². The summed E-state index contributed by atoms with van der Waals surface area (Å²) in [6, 6.07) is 15.1. The predicted molar refractivity (Wildman–Crippen MR) is 115 cm³/mol. The molecule has 3 aromatic rings. The van der Waals surface area contributed by atoms with Gasteiger partial charge in [-0.25, -0.2) is 14.5 Å². The van der Waals surface area contributed by atoms with Crippen molar-refractivity contribution in [3.8, 4) is 11.1 Å². The standard InChI is InChI=1S/C24H27N3O2/c1-4-5-14-27-23(25-22(26-27)15-17(2)3)16-18-10-12-19(13-11-18)20-8-6-7-9-21(20)24(28)29/h4-13,17H,14-16H2,1-3H3,(H,28,29)/b5-4+. The Balaban J connectivity index is 1.84. The van der Waals surface area contributed by atoms with E-state index >= 15 is 0 Å². The van der Waals surface area contributed by atoms with E-state index < -0.39 is 5.97 Å². The molecule has 5 nitrogen and oxygen atoms in total. The lowest BCUT2D eigenvalue weighted by Crippen LogP contribution is -2.05. The maximum Gasteiger partial charge on any atom is 0.336 e. The summed E-state index contributed by atoms with van der Waals surface area (Å²) in [6.07, 6.45) is 5.63. The lowest BCUT2D eigenvalue weighted by molar-refractivity contribution is 0.0697. The maximum absolute atomic E-state index is 11.5. The van der Waals surface area contributed by atoms with Gasteiger partial charge in [0.15, 0.2) is 5.82 Å². The second kappa shape index (κ2) is 9.32. The van der Waals surface area contributed by atoms with E-state index in [1.165, 1.54) is 0 Å². The van der Waals surface area contributed by atoms with Crippen molar-refractivity contribution in [2.24, 2.45) is 5.92 Å². The van der Waals surface area contributed by atoms with Crippen molar-refractivity contribution in [2.45, 2.75) is 40.2 Å². The third-order valence-corrected chi connectivity index (χ3v) is 4.68. The lowest BCUT2D eigenvalue weighted by atomic mass is 9.98. The molecule has 0 unspecified atom stereocenters. The number of rotatable bonds is 8. The highest BCUT2D eigenvalue weighted by Gasteiger charge is 2.13. The van der Waals surface area contributed by atoms with Crippen molar-refractivity contribution in [1.82, 2.24) is 14.8 Å². The number of benzene rings is 2. The monoisotopic (exact) mass is 389 g/mol. The quantitative estimate of drug-likeness (QED) is 0.550. The van der Waals surface area contributed by atoms with E-state index in [2.05, 4.69) is 25.0 Å². The van der Waals surface area contributed by atoms with E-state index in [9.17, 15) is 9.90 Å². The summed E-state index contributed by atoms with van der Waals surface area (Å²) in [7, 11) is 0. The second-order valence-electron chi connectivity index (χ2n) is 7.52. The molecule has 2 aromatic carbocycles. The van der Waals surface area contributed by atoms with E-state index in [1.54, 1.807) is 12.1 Å². The fourth-order valence-electron chi connectivity index (χ4n) is 3.27. The van der Waals surface area contributed by atoms with Gasteiger partial charge in [0, 0.05) is 12.8 Å². The summed E-state index contributed by atoms with van der Waals surface area (Å²) in [4.78, 5) is 16.2. The van der Waals surface area contributed by atoms with Crippen molar-refractivity contribution in [3.05, 3.63) is 83.5 Å². The Hall–Kier alpha value is -3.21. The number of hydrogen-bond acceptors (Lipinski definition) is 3. The van der Waals surface area contributed by atoms with Gasteiger partial charge in [0.05, 0.1) is 12.1 Å². The first kappa shape index (κ1) is 20.5. The third kappa shape index (κ3) is 5.19. The van der Waals surface area contributed by atoms with E-state index in [0.29, 0.717) is 24.4 Å². The summed E-state index contributed by atoms with van der Waals surface area (Å²) in [5.74, 6) is 1.41. The molecule has 0 radical (unpaired) electrons. The Morgan fingerprint density at radius 3 is 2.52 bits per heavy atom. The van der Waals surface area contributed by atoms with E-state index in [4.69, 9.17) is 4.98 Å². The number of carboxylic acids is 1. The molecular weight excluding hydrogens is 362 g/mol. The zero-order chi connectivity index (χ0) is 20.8. The van der Waals surface area contributed by atoms with Gasteiger partial charge in [-0.2, -0.15) is 5.10 Å². The summed E-state index contributed by atoms with van der Waals surface area (Å²) >= 11 is 0. The molecule has 0 aliphatic heterocycles. The van der Waals surface area contributed by atoms with Gasteiger partial charge in [0.1, 0.15) is 5.82 Å². The van der Waals surface area contributed by atoms with Crippen LogP contribution in [0.1, 0.15) is 48.3 Å². The largest absolute Gasteiger partial charge is 0.478 e. The first-order chi connectivity index (χ1) is 14.0. The number of aromatic nitrogens is 3. The first-order valence-electron chi connectivity index (χ1n) is 9.93. The van der Waals surface area contributed by atoms with Crippen LogP contribution in [-0.2, 0) is 19.4 Å². The number of nitrogens with zero attached hydrogens (tertiary/aromatic N) is 3. The first-order valence-corrected chi connectivity index (χ1v) is 9.93. The smallest absolute Gasteiger partial charge is 0.336 e. The zero-order valence-corrected chi connectivity index (χ0v) is 17.2. The van der Waals surface area contributed by atoms with Crippen molar-refractivity contribution in [3.63, 3.8) is 0 Å². The Morgan fingerprint density at radius 1 is 1.14 bits per heavy atom. The minimum atomic E-state index is -0.917. The molecule has 29 heavy (non-hydrogen) atoms. The van der Waals surface area contributed by atoms with Crippen LogP contribution in [-0.4, -0.2) is 25.8 Å². The van der Waals surface area contributed by atoms with Crippen LogP contribution in [0.2, 0.25) is 0 Å². The highest BCUT2D eigenvalue weighted by molar-refractivity contribution is 5.95. The van der Waals surface area contributed by atoms with Gasteiger partial charge in [-0.05, 0) is 35.6 Å². The lowest BCUT2D eigenvalue weighted by Gasteiger charge is -2.08. The molecular formula is C24H27N3O2. The van der Waals surface area contributed by atoms with Gasteiger partial charge in [-0.3, -0.25) is 0 Å². The fourth-order valence-corrected chi connectivity index (χ4v) is 3.27. The number of aromatic carboxylic acids is 1. The molecule has 0 amide bonds. The Kier molecular flexibility index (Phi) is 6.60. The highest BCUT2D eigenvalue weighted by atomic mass is 16.4. The molecule has 0 fully saturated rings. The summed E-state index contributed by atoms with van der Waals surface area (Å²) < 4.78 is 1.96. The van der Waals surface area contributed by atoms with Gasteiger partial charge in [-0.1, -0.05) is 68.5 Å². The molecule has 0 saturated heterocycles. The summed E-state index contributed by atoms with van der Waals surface area (Å²) in [5, 5.41) is 14.1. The summed E-state index contributed by atoms with van der Waals surface area (Å²) in [6.45, 7) is 7.04. The van der Waals surface area contributed by atoms with Crippen LogP contribution in [0, 0.1) is 5.92 Å². The van der Waals surface area contributed by atoms with Crippen molar-refractivity contribution < 1.29 is 9.90 Å². The van der Waals surface area contributed by atoms with Gasteiger partial charge >= 0.3 is 5.97 Å². The molecule has 150 valence electrons. The second-order valence-corrected chi connectivity index (χ2v) is 7.52. The van der Waals surface area contributed by atoms with Crippen LogP contribution >= 0.6 is 0 Å². The molecule has 1 N–H and O–H groups in total. The van der Waals surface area contributed by atoms with Crippen molar-refractivity contribution in [2.75, 3.05) is 0 Å². The van der Waals surface area contributed by atoms with Crippen LogP contribution < -0.4 is 0 Å². The molecule has 1 aromatic heterocycles. The minimum absolute atomic E-state index is 0.310. The summed E-state index contributed by atoms with van der Waals surface area (Å²) in [5.41, 5.74) is 3.04. The van der Waals surface area contributed by atoms with E-state index in [-0.39, 0.29) is 0 Å². The Morgan fingerprint density at radius 2 is 1.86 bits per heavy atom. The molecule has 0 spiro atoms. The van der Waals surface area contributed by atoms with Crippen LogP contribution in [0.15, 0.2) is 60.7 Å². The average molecular weight is 389 g/mol. The average Bonchev–Trinajstić information content (AvgIpc) is 3.07. The maximum atomic E-state index is 11.5. The van der Waals surface area contributed by atoms with Gasteiger partial charge in [0.25, 0.3) is 0 Å². The number of carbonyl (C=O) groups is 1. The van der Waals surface area contributed by atoms with Crippen molar-refractivity contribution in [1.29, 1.82) is 0 Å². The third-order valence-electron chi connectivity index (χ3n) is 4.68. The number of allylic oxidation sites excluding steroid dienone is 2. The minimum Gasteiger partial charge on any atom is -0.478 e. The van der Waals surface area contributed by atoms with Crippen LogP contribution in [0.3, 0.4) is 0 Å². The van der Waals surface area contributed by atoms with Crippen LogP contribution in [0.5, 0.6) is 0 Å². The molecule has 0 atom stereocenters. The molecule has 5 heteroatoms.